The van der Waals surface area contributed by atoms with Crippen LogP contribution in [0.4, 0.5) is 8.78 Å². The van der Waals surface area contributed by atoms with Gasteiger partial charge in [-0.05, 0) is 30.3 Å². The Bertz CT molecular complexity index is 918. The fraction of sp³-hybridized carbons (Fsp3) is 0.235. The van der Waals surface area contributed by atoms with E-state index in [4.69, 9.17) is 4.42 Å². The first kappa shape index (κ1) is 18.3. The van der Waals surface area contributed by atoms with Crippen LogP contribution in [0.2, 0.25) is 0 Å². The normalized spacial score (nSPS) is 16.3. The molecule has 2 aromatic rings. The molecule has 1 fully saturated rings. The fourth-order valence-corrected chi connectivity index (χ4v) is 4.08. The van der Waals surface area contributed by atoms with Crippen molar-refractivity contribution in [1.29, 1.82) is 0 Å². The molecule has 0 unspecified atom stereocenters. The summed E-state index contributed by atoms with van der Waals surface area (Å²) in [5, 5.41) is 0. The second kappa shape index (κ2) is 7.38. The van der Waals surface area contributed by atoms with Crippen molar-refractivity contribution in [3.8, 4) is 0 Å². The average molecular weight is 382 g/mol. The number of benzene rings is 1. The number of halogens is 2. The van der Waals surface area contributed by atoms with Crippen molar-refractivity contribution in [2.45, 2.75) is 4.90 Å². The van der Waals surface area contributed by atoms with E-state index in [0.717, 1.165) is 16.4 Å². The zero-order chi connectivity index (χ0) is 18.7. The van der Waals surface area contributed by atoms with Gasteiger partial charge in [0.25, 0.3) is 0 Å². The predicted molar refractivity (Wildman–Crippen MR) is 89.4 cm³/mol. The van der Waals surface area contributed by atoms with Crippen LogP contribution in [0.5, 0.6) is 0 Å². The van der Waals surface area contributed by atoms with Crippen LogP contribution in [0.1, 0.15) is 5.76 Å². The van der Waals surface area contributed by atoms with Crippen LogP contribution in [0.15, 0.2) is 52.0 Å². The van der Waals surface area contributed by atoms with Gasteiger partial charge in [0.05, 0.1) is 6.26 Å². The number of hydrogen-bond acceptors (Lipinski definition) is 4. The third kappa shape index (κ3) is 3.83. The van der Waals surface area contributed by atoms with Gasteiger partial charge < -0.3 is 9.32 Å². The van der Waals surface area contributed by atoms with Gasteiger partial charge in [0.2, 0.25) is 15.9 Å². The Morgan fingerprint density at radius 2 is 1.85 bits per heavy atom. The Hall–Kier alpha value is -2.52. The minimum atomic E-state index is -4.09. The van der Waals surface area contributed by atoms with Gasteiger partial charge in [0.15, 0.2) is 0 Å². The van der Waals surface area contributed by atoms with E-state index < -0.39 is 26.6 Å². The van der Waals surface area contributed by atoms with Crippen LogP contribution in [0.25, 0.3) is 6.08 Å². The van der Waals surface area contributed by atoms with Crippen molar-refractivity contribution in [3.05, 3.63) is 60.1 Å². The van der Waals surface area contributed by atoms with Gasteiger partial charge in [-0.3, -0.25) is 4.79 Å². The maximum absolute atomic E-state index is 13.8. The van der Waals surface area contributed by atoms with Gasteiger partial charge in [-0.2, -0.15) is 4.31 Å². The molecule has 1 aromatic heterocycles. The Labute approximate surface area is 149 Å². The zero-order valence-corrected chi connectivity index (χ0v) is 14.5. The highest BCUT2D eigenvalue weighted by Gasteiger charge is 2.31. The lowest BCUT2D eigenvalue weighted by atomic mass is 10.3. The lowest BCUT2D eigenvalue weighted by molar-refractivity contribution is -0.127. The number of piperazine rings is 1. The molecule has 1 amide bonds. The predicted octanol–water partition coefficient (Wildman–Crippen LogP) is 2.10. The van der Waals surface area contributed by atoms with E-state index in [1.165, 1.54) is 23.3 Å². The molecule has 0 radical (unpaired) electrons. The minimum absolute atomic E-state index is 0.0273. The lowest BCUT2D eigenvalue weighted by Crippen LogP contribution is -2.50. The molecule has 1 saturated heterocycles. The number of carbonyl (C=O) groups is 1. The average Bonchev–Trinajstić information content (AvgIpc) is 3.13. The largest absolute Gasteiger partial charge is 0.465 e. The van der Waals surface area contributed by atoms with Crippen LogP contribution in [0, 0.1) is 11.6 Å². The van der Waals surface area contributed by atoms with Crippen molar-refractivity contribution in [2.75, 3.05) is 26.2 Å². The molecule has 9 heteroatoms. The Morgan fingerprint density at radius 3 is 2.46 bits per heavy atom. The summed E-state index contributed by atoms with van der Waals surface area (Å²) in [5.74, 6) is -1.72. The fourth-order valence-electron chi connectivity index (χ4n) is 2.62. The molecule has 2 heterocycles. The maximum Gasteiger partial charge on any atom is 0.246 e. The summed E-state index contributed by atoms with van der Waals surface area (Å²) in [5.41, 5.74) is 0. The van der Waals surface area contributed by atoms with Gasteiger partial charge >= 0.3 is 0 Å². The Kier molecular flexibility index (Phi) is 5.19. The second-order valence-corrected chi connectivity index (χ2v) is 7.56. The van der Waals surface area contributed by atoms with Crippen molar-refractivity contribution < 1.29 is 26.4 Å². The van der Waals surface area contributed by atoms with E-state index in [2.05, 4.69) is 0 Å². The number of amides is 1. The summed E-state index contributed by atoms with van der Waals surface area (Å²) >= 11 is 0. The molecule has 0 atom stereocenters. The van der Waals surface area contributed by atoms with Crippen LogP contribution in [-0.2, 0) is 14.8 Å². The van der Waals surface area contributed by atoms with E-state index >= 15 is 0 Å². The molecule has 0 saturated carbocycles. The summed E-state index contributed by atoms with van der Waals surface area (Å²) in [6.45, 7) is 0.395. The van der Waals surface area contributed by atoms with Gasteiger partial charge in [-0.1, -0.05) is 0 Å². The summed E-state index contributed by atoms with van der Waals surface area (Å²) in [4.78, 5) is 13.1. The van der Waals surface area contributed by atoms with E-state index in [1.807, 2.05) is 0 Å². The zero-order valence-electron chi connectivity index (χ0n) is 13.6. The molecule has 26 heavy (non-hydrogen) atoms. The summed E-state index contributed by atoms with van der Waals surface area (Å²) < 4.78 is 58.0. The quantitative estimate of drug-likeness (QED) is 0.760. The summed E-state index contributed by atoms with van der Waals surface area (Å²) in [6, 6.07) is 5.73. The van der Waals surface area contributed by atoms with Crippen molar-refractivity contribution in [2.24, 2.45) is 0 Å². The van der Waals surface area contributed by atoms with Gasteiger partial charge in [-0.15, -0.1) is 0 Å². The first-order valence-electron chi connectivity index (χ1n) is 7.83. The standard InChI is InChI=1S/C17H16F2N2O4S/c18-13-3-5-16(15(19)12-13)26(23,24)21-9-7-20(8-10-21)17(22)6-4-14-2-1-11-25-14/h1-6,11-12H,7-10H2/b6-4-. The third-order valence-electron chi connectivity index (χ3n) is 4.00. The minimum Gasteiger partial charge on any atom is -0.465 e. The molecule has 6 nitrogen and oxygen atoms in total. The van der Waals surface area contributed by atoms with Crippen LogP contribution < -0.4 is 0 Å². The first-order chi connectivity index (χ1) is 12.4. The number of nitrogens with zero attached hydrogens (tertiary/aromatic N) is 2. The van der Waals surface area contributed by atoms with Crippen LogP contribution in [0.3, 0.4) is 0 Å². The monoisotopic (exact) mass is 382 g/mol. The van der Waals surface area contributed by atoms with E-state index in [9.17, 15) is 22.0 Å². The highest BCUT2D eigenvalue weighted by molar-refractivity contribution is 7.89. The number of furan rings is 1. The number of hydrogen-bond donors (Lipinski definition) is 0. The van der Waals surface area contributed by atoms with Crippen molar-refractivity contribution in [3.63, 3.8) is 0 Å². The van der Waals surface area contributed by atoms with Gasteiger partial charge in [0, 0.05) is 38.3 Å². The topological polar surface area (TPSA) is 70.8 Å². The number of rotatable bonds is 4. The molecule has 1 aromatic carbocycles. The molecule has 0 bridgehead atoms. The van der Waals surface area contributed by atoms with E-state index in [1.54, 1.807) is 12.1 Å². The smallest absolute Gasteiger partial charge is 0.246 e. The molecular weight excluding hydrogens is 366 g/mol. The van der Waals surface area contributed by atoms with Crippen LogP contribution in [-0.4, -0.2) is 49.7 Å². The molecule has 0 N–H and O–H groups in total. The molecule has 3 rings (SSSR count). The second-order valence-electron chi connectivity index (χ2n) is 5.65. The summed E-state index contributed by atoms with van der Waals surface area (Å²) in [6.07, 6.45) is 4.37. The summed E-state index contributed by atoms with van der Waals surface area (Å²) in [7, 11) is -4.09. The Morgan fingerprint density at radius 1 is 1.12 bits per heavy atom. The van der Waals surface area contributed by atoms with E-state index in [-0.39, 0.29) is 32.1 Å². The molecule has 0 spiro atoms. The number of sulfonamides is 1. The lowest BCUT2D eigenvalue weighted by Gasteiger charge is -2.33. The highest BCUT2D eigenvalue weighted by Crippen LogP contribution is 2.21. The maximum atomic E-state index is 13.8. The number of carbonyl (C=O) groups excluding carboxylic acids is 1. The van der Waals surface area contributed by atoms with E-state index in [0.29, 0.717) is 11.8 Å². The molecular formula is C17H16F2N2O4S. The Balaban J connectivity index is 1.65. The SMILES string of the molecule is O=C(/C=C\c1ccco1)N1CCN(S(=O)(=O)c2ccc(F)cc2F)CC1. The van der Waals surface area contributed by atoms with Crippen molar-refractivity contribution in [1.82, 2.24) is 9.21 Å². The molecule has 0 aliphatic carbocycles. The van der Waals surface area contributed by atoms with Gasteiger partial charge in [-0.25, -0.2) is 17.2 Å². The molecule has 138 valence electrons. The molecule has 1 aliphatic rings. The van der Waals surface area contributed by atoms with Gasteiger partial charge in [0.1, 0.15) is 22.3 Å². The first-order valence-corrected chi connectivity index (χ1v) is 9.27. The van der Waals surface area contributed by atoms with Crippen LogP contribution >= 0.6 is 0 Å². The molecule has 1 aliphatic heterocycles. The third-order valence-corrected chi connectivity index (χ3v) is 5.93. The van der Waals surface area contributed by atoms with Crippen molar-refractivity contribution >= 4 is 22.0 Å². The highest BCUT2D eigenvalue weighted by atomic mass is 32.2.